The summed E-state index contributed by atoms with van der Waals surface area (Å²) in [4.78, 5) is 0. The maximum absolute atomic E-state index is 5.71. The molecule has 3 heteroatoms. The second kappa shape index (κ2) is 6.50. The molecule has 0 amide bonds. The fourth-order valence-corrected chi connectivity index (χ4v) is 2.16. The summed E-state index contributed by atoms with van der Waals surface area (Å²) in [7, 11) is 1.67. The van der Waals surface area contributed by atoms with E-state index in [1.54, 1.807) is 7.11 Å². The molecule has 0 aliphatic carbocycles. The molecule has 0 spiro atoms. The second-order valence-electron chi connectivity index (χ2n) is 4.46. The van der Waals surface area contributed by atoms with Crippen LogP contribution in [0.25, 0.3) is 0 Å². The van der Waals surface area contributed by atoms with Crippen LogP contribution in [-0.2, 0) is 0 Å². The Morgan fingerprint density at radius 3 is 2.59 bits per heavy atom. The standard InChI is InChI=1S/C14H21NO2/c1-16-13-5-7-14(8-6-13)17-11-9-12-4-2-3-10-15-12/h5-8,12,15H,2-4,9-11H2,1H3/t12-/m0/s1. The summed E-state index contributed by atoms with van der Waals surface area (Å²) in [6.07, 6.45) is 5.04. The molecule has 1 fully saturated rings. The molecule has 0 aromatic heterocycles. The quantitative estimate of drug-likeness (QED) is 0.851. The highest BCUT2D eigenvalue weighted by Gasteiger charge is 2.11. The first-order valence-electron chi connectivity index (χ1n) is 6.39. The maximum Gasteiger partial charge on any atom is 0.119 e. The number of nitrogens with one attached hydrogen (secondary N) is 1. The minimum absolute atomic E-state index is 0.641. The number of ether oxygens (including phenoxy) is 2. The van der Waals surface area contributed by atoms with E-state index in [4.69, 9.17) is 9.47 Å². The second-order valence-corrected chi connectivity index (χ2v) is 4.46. The molecule has 17 heavy (non-hydrogen) atoms. The molecule has 1 aliphatic rings. The maximum atomic E-state index is 5.71. The number of benzene rings is 1. The van der Waals surface area contributed by atoms with E-state index in [2.05, 4.69) is 5.32 Å². The monoisotopic (exact) mass is 235 g/mol. The van der Waals surface area contributed by atoms with Crippen molar-refractivity contribution < 1.29 is 9.47 Å². The van der Waals surface area contributed by atoms with Crippen LogP contribution in [0.5, 0.6) is 11.5 Å². The lowest BCUT2D eigenvalue weighted by atomic mass is 10.0. The van der Waals surface area contributed by atoms with Gasteiger partial charge in [0.25, 0.3) is 0 Å². The Balaban J connectivity index is 1.69. The van der Waals surface area contributed by atoms with Gasteiger partial charge in [-0.05, 0) is 50.1 Å². The summed E-state index contributed by atoms with van der Waals surface area (Å²) in [5.74, 6) is 1.79. The van der Waals surface area contributed by atoms with Gasteiger partial charge in [0, 0.05) is 6.04 Å². The molecule has 1 heterocycles. The van der Waals surface area contributed by atoms with E-state index in [0.717, 1.165) is 31.1 Å². The summed E-state index contributed by atoms with van der Waals surface area (Å²) in [5.41, 5.74) is 0. The zero-order valence-corrected chi connectivity index (χ0v) is 10.4. The van der Waals surface area contributed by atoms with Crippen LogP contribution in [0.4, 0.5) is 0 Å². The fourth-order valence-electron chi connectivity index (χ4n) is 2.16. The van der Waals surface area contributed by atoms with Gasteiger partial charge in [-0.3, -0.25) is 0 Å². The van der Waals surface area contributed by atoms with Crippen LogP contribution in [0.15, 0.2) is 24.3 Å². The zero-order valence-electron chi connectivity index (χ0n) is 10.4. The van der Waals surface area contributed by atoms with Gasteiger partial charge in [-0.2, -0.15) is 0 Å². The molecule has 0 bridgehead atoms. The Hall–Kier alpha value is -1.22. The summed E-state index contributed by atoms with van der Waals surface area (Å²) >= 11 is 0. The van der Waals surface area contributed by atoms with E-state index in [-0.39, 0.29) is 0 Å². The summed E-state index contributed by atoms with van der Waals surface area (Å²) < 4.78 is 10.8. The van der Waals surface area contributed by atoms with Gasteiger partial charge in [-0.1, -0.05) is 6.42 Å². The summed E-state index contributed by atoms with van der Waals surface area (Å²) in [6.45, 7) is 1.94. The van der Waals surface area contributed by atoms with Gasteiger partial charge in [0.15, 0.2) is 0 Å². The highest BCUT2D eigenvalue weighted by molar-refractivity contribution is 5.31. The Morgan fingerprint density at radius 1 is 1.18 bits per heavy atom. The van der Waals surface area contributed by atoms with Crippen molar-refractivity contribution in [2.24, 2.45) is 0 Å². The van der Waals surface area contributed by atoms with Crippen LogP contribution < -0.4 is 14.8 Å². The van der Waals surface area contributed by atoms with Gasteiger partial charge >= 0.3 is 0 Å². The molecule has 1 aliphatic heterocycles. The van der Waals surface area contributed by atoms with Crippen molar-refractivity contribution in [3.8, 4) is 11.5 Å². The average molecular weight is 235 g/mol. The first-order valence-corrected chi connectivity index (χ1v) is 6.39. The minimum Gasteiger partial charge on any atom is -0.497 e. The lowest BCUT2D eigenvalue weighted by Gasteiger charge is -2.23. The van der Waals surface area contributed by atoms with Gasteiger partial charge in [0.05, 0.1) is 13.7 Å². The third-order valence-electron chi connectivity index (χ3n) is 3.21. The van der Waals surface area contributed by atoms with Gasteiger partial charge in [-0.15, -0.1) is 0 Å². The van der Waals surface area contributed by atoms with E-state index in [0.29, 0.717) is 6.04 Å². The summed E-state index contributed by atoms with van der Waals surface area (Å²) in [5, 5.41) is 3.52. The van der Waals surface area contributed by atoms with Crippen molar-refractivity contribution in [3.05, 3.63) is 24.3 Å². The summed E-state index contributed by atoms with van der Waals surface area (Å²) in [6, 6.07) is 8.39. The predicted octanol–water partition coefficient (Wildman–Crippen LogP) is 2.61. The molecular weight excluding hydrogens is 214 g/mol. The lowest BCUT2D eigenvalue weighted by Crippen LogP contribution is -2.35. The SMILES string of the molecule is COc1ccc(OCC[C@@H]2CCCCN2)cc1. The zero-order chi connectivity index (χ0) is 11.9. The first kappa shape index (κ1) is 12.2. The Labute approximate surface area is 103 Å². The molecule has 94 valence electrons. The van der Waals surface area contributed by atoms with E-state index in [1.165, 1.54) is 19.3 Å². The number of rotatable bonds is 5. The third-order valence-corrected chi connectivity index (χ3v) is 3.21. The van der Waals surface area contributed by atoms with E-state index in [9.17, 15) is 0 Å². The molecule has 3 nitrogen and oxygen atoms in total. The lowest BCUT2D eigenvalue weighted by molar-refractivity contribution is 0.268. The molecule has 1 atom stereocenters. The topological polar surface area (TPSA) is 30.5 Å². The highest BCUT2D eigenvalue weighted by Crippen LogP contribution is 2.17. The highest BCUT2D eigenvalue weighted by atomic mass is 16.5. The molecule has 1 aromatic rings. The molecule has 0 unspecified atom stereocenters. The smallest absolute Gasteiger partial charge is 0.119 e. The van der Waals surface area contributed by atoms with Crippen LogP contribution in [0.3, 0.4) is 0 Å². The van der Waals surface area contributed by atoms with Crippen LogP contribution in [0.1, 0.15) is 25.7 Å². The van der Waals surface area contributed by atoms with Crippen LogP contribution in [-0.4, -0.2) is 26.3 Å². The van der Waals surface area contributed by atoms with Gasteiger partial charge in [-0.25, -0.2) is 0 Å². The molecule has 1 saturated heterocycles. The van der Waals surface area contributed by atoms with Gasteiger partial charge in [0.2, 0.25) is 0 Å². The Morgan fingerprint density at radius 2 is 1.94 bits per heavy atom. The largest absolute Gasteiger partial charge is 0.497 e. The van der Waals surface area contributed by atoms with Crippen molar-refractivity contribution in [2.45, 2.75) is 31.7 Å². The normalized spacial score (nSPS) is 19.9. The van der Waals surface area contributed by atoms with E-state index >= 15 is 0 Å². The molecule has 0 radical (unpaired) electrons. The molecule has 0 saturated carbocycles. The number of methoxy groups -OCH3 is 1. The van der Waals surface area contributed by atoms with Crippen molar-refractivity contribution in [1.82, 2.24) is 5.32 Å². The van der Waals surface area contributed by atoms with E-state index in [1.807, 2.05) is 24.3 Å². The Bertz CT molecular complexity index is 317. The Kier molecular flexibility index (Phi) is 4.68. The van der Waals surface area contributed by atoms with Crippen LogP contribution in [0, 0.1) is 0 Å². The molecule has 1 N–H and O–H groups in total. The third kappa shape index (κ3) is 3.93. The van der Waals surface area contributed by atoms with Crippen LogP contribution >= 0.6 is 0 Å². The molecular formula is C14H21NO2. The van der Waals surface area contributed by atoms with Gasteiger partial charge < -0.3 is 14.8 Å². The minimum atomic E-state index is 0.641. The molecule has 2 rings (SSSR count). The first-order chi connectivity index (χ1) is 8.38. The molecule has 1 aromatic carbocycles. The van der Waals surface area contributed by atoms with Crippen LogP contribution in [0.2, 0.25) is 0 Å². The fraction of sp³-hybridized carbons (Fsp3) is 0.571. The van der Waals surface area contributed by atoms with Crippen molar-refractivity contribution in [1.29, 1.82) is 0 Å². The van der Waals surface area contributed by atoms with Crippen molar-refractivity contribution >= 4 is 0 Å². The number of hydrogen-bond donors (Lipinski definition) is 1. The predicted molar refractivity (Wildman–Crippen MR) is 68.7 cm³/mol. The number of hydrogen-bond acceptors (Lipinski definition) is 3. The van der Waals surface area contributed by atoms with E-state index < -0.39 is 0 Å². The average Bonchev–Trinajstić information content (AvgIpc) is 2.41. The van der Waals surface area contributed by atoms with Gasteiger partial charge in [0.1, 0.15) is 11.5 Å². The van der Waals surface area contributed by atoms with Crippen molar-refractivity contribution in [2.75, 3.05) is 20.3 Å². The van der Waals surface area contributed by atoms with Crippen molar-refractivity contribution in [3.63, 3.8) is 0 Å². The number of piperidine rings is 1.